The van der Waals surface area contributed by atoms with Crippen molar-refractivity contribution in [1.29, 1.82) is 0 Å². The molecule has 3 atom stereocenters. The highest BCUT2D eigenvalue weighted by molar-refractivity contribution is 14.1. The summed E-state index contributed by atoms with van der Waals surface area (Å²) in [5.74, 6) is 1.98. The molecule has 0 radical (unpaired) electrons. The quantitative estimate of drug-likeness (QED) is 0.347. The second-order valence-electron chi connectivity index (χ2n) is 6.40. The summed E-state index contributed by atoms with van der Waals surface area (Å²) in [4.78, 5) is 0. The summed E-state index contributed by atoms with van der Waals surface area (Å²) in [6, 6.07) is 10.5. The first-order valence-corrected chi connectivity index (χ1v) is 10.2. The molecule has 3 rings (SSSR count). The average Bonchev–Trinajstić information content (AvgIpc) is 2.99. The maximum absolute atomic E-state index is 5.96. The van der Waals surface area contributed by atoms with Crippen molar-refractivity contribution in [2.24, 2.45) is 0 Å². The summed E-state index contributed by atoms with van der Waals surface area (Å²) in [5, 5.41) is 10.7. The van der Waals surface area contributed by atoms with Gasteiger partial charge in [-0.25, -0.2) is 0 Å². The third-order valence-corrected chi connectivity index (χ3v) is 5.27. The normalized spacial score (nSPS) is 28.8. The number of allylic oxidation sites excluding steroid dienone is 5. The molecule has 3 unspecified atom stereocenters. The van der Waals surface area contributed by atoms with Crippen LogP contribution in [0.2, 0.25) is 0 Å². The van der Waals surface area contributed by atoms with E-state index >= 15 is 0 Å². The van der Waals surface area contributed by atoms with E-state index in [0.717, 1.165) is 17.9 Å². The van der Waals surface area contributed by atoms with E-state index in [2.05, 4.69) is 94.0 Å². The second-order valence-corrected chi connectivity index (χ2v) is 7.64. The Morgan fingerprint density at radius 2 is 1.92 bits per heavy atom. The van der Waals surface area contributed by atoms with Crippen molar-refractivity contribution in [3.05, 3.63) is 82.9 Å². The van der Waals surface area contributed by atoms with Gasteiger partial charge in [-0.1, -0.05) is 48.6 Å². The molecule has 2 aliphatic rings. The Labute approximate surface area is 169 Å². The Morgan fingerprint density at radius 1 is 1.15 bits per heavy atom. The number of hydrogen-bond acceptors (Lipinski definition) is 4. The highest BCUT2D eigenvalue weighted by Crippen LogP contribution is 2.30. The molecule has 0 saturated carbocycles. The van der Waals surface area contributed by atoms with Gasteiger partial charge in [0.15, 0.2) is 0 Å². The molecule has 1 aromatic carbocycles. The van der Waals surface area contributed by atoms with Crippen molar-refractivity contribution >= 4 is 22.6 Å². The molecule has 2 aliphatic heterocycles. The van der Waals surface area contributed by atoms with Crippen LogP contribution in [0, 0.1) is 0 Å². The largest absolute Gasteiger partial charge is 0.466 e. The van der Waals surface area contributed by atoms with Gasteiger partial charge in [-0.05, 0) is 66.1 Å². The summed E-state index contributed by atoms with van der Waals surface area (Å²) in [7, 11) is 0. The van der Waals surface area contributed by atoms with Crippen LogP contribution in [-0.2, 0) is 4.74 Å². The predicted octanol–water partition coefficient (Wildman–Crippen LogP) is 4.61. The maximum Gasteiger partial charge on any atom is 0.114 e. The molecule has 2 heterocycles. The number of ether oxygens (including phenoxy) is 1. The van der Waals surface area contributed by atoms with Crippen LogP contribution in [0.1, 0.15) is 38.9 Å². The minimum Gasteiger partial charge on any atom is -0.466 e. The molecule has 5 heteroatoms. The predicted molar refractivity (Wildman–Crippen MR) is 115 cm³/mol. The zero-order valence-electron chi connectivity index (χ0n) is 15.4. The van der Waals surface area contributed by atoms with E-state index in [1.807, 2.05) is 19.9 Å². The first-order valence-electron chi connectivity index (χ1n) is 8.95. The fourth-order valence-corrected chi connectivity index (χ4v) is 3.94. The lowest BCUT2D eigenvalue weighted by Crippen LogP contribution is -2.61. The highest BCUT2D eigenvalue weighted by Gasteiger charge is 2.28. The first kappa shape index (κ1) is 19.4. The van der Waals surface area contributed by atoms with Crippen LogP contribution >= 0.6 is 22.6 Å². The lowest BCUT2D eigenvalue weighted by molar-refractivity contribution is 0.279. The van der Waals surface area contributed by atoms with Gasteiger partial charge in [-0.2, -0.15) is 0 Å². The van der Waals surface area contributed by atoms with Crippen molar-refractivity contribution in [2.45, 2.75) is 43.7 Å². The molecule has 0 bridgehead atoms. The Kier molecular flexibility index (Phi) is 6.69. The van der Waals surface area contributed by atoms with E-state index in [4.69, 9.17) is 4.74 Å². The monoisotopic (exact) mass is 463 g/mol. The fraction of sp³-hybridized carbons (Fsp3) is 0.333. The van der Waals surface area contributed by atoms with Crippen molar-refractivity contribution in [2.75, 3.05) is 0 Å². The molecule has 26 heavy (non-hydrogen) atoms. The Morgan fingerprint density at radius 3 is 2.62 bits per heavy atom. The van der Waals surface area contributed by atoms with Crippen molar-refractivity contribution in [1.82, 2.24) is 16.0 Å². The summed E-state index contributed by atoms with van der Waals surface area (Å²) in [5.41, 5.74) is 3.65. The van der Waals surface area contributed by atoms with E-state index in [9.17, 15) is 0 Å². The molecule has 0 spiro atoms. The Balaban J connectivity index is 1.75. The molecule has 0 amide bonds. The van der Waals surface area contributed by atoms with Crippen LogP contribution in [0.25, 0.3) is 0 Å². The molecule has 3 N–H and O–H groups in total. The third kappa shape index (κ3) is 4.65. The van der Waals surface area contributed by atoms with Gasteiger partial charge < -0.3 is 4.74 Å². The molecule has 0 aliphatic carbocycles. The first-order chi connectivity index (χ1) is 12.6. The van der Waals surface area contributed by atoms with Crippen molar-refractivity contribution in [3.8, 4) is 0 Å². The van der Waals surface area contributed by atoms with Gasteiger partial charge in [0.2, 0.25) is 0 Å². The van der Waals surface area contributed by atoms with Gasteiger partial charge in [0.05, 0.1) is 12.3 Å². The average molecular weight is 463 g/mol. The van der Waals surface area contributed by atoms with Crippen LogP contribution in [-0.4, -0.2) is 10.3 Å². The SMILES string of the molecule is C/C=C\C1=C(C)O/C(=C/C(=C\C)C2NC(I)NC(c3ccccc3)N2)C1. The fourth-order valence-electron chi connectivity index (χ4n) is 3.22. The van der Waals surface area contributed by atoms with Gasteiger partial charge in [0.1, 0.15) is 15.7 Å². The summed E-state index contributed by atoms with van der Waals surface area (Å²) in [6.07, 6.45) is 9.47. The van der Waals surface area contributed by atoms with Crippen molar-refractivity contribution in [3.63, 3.8) is 0 Å². The lowest BCUT2D eigenvalue weighted by atomic mass is 10.1. The molecule has 4 nitrogen and oxygen atoms in total. The summed E-state index contributed by atoms with van der Waals surface area (Å²) < 4.78 is 6.13. The van der Waals surface area contributed by atoms with Crippen molar-refractivity contribution < 1.29 is 4.74 Å². The molecule has 138 valence electrons. The zero-order chi connectivity index (χ0) is 18.5. The van der Waals surface area contributed by atoms with Crippen LogP contribution in [0.4, 0.5) is 0 Å². The number of halogens is 1. The van der Waals surface area contributed by atoms with E-state index in [1.165, 1.54) is 16.7 Å². The molecule has 0 aromatic heterocycles. The number of alkyl halides is 1. The van der Waals surface area contributed by atoms with E-state index < -0.39 is 0 Å². The van der Waals surface area contributed by atoms with Gasteiger partial charge in [0.25, 0.3) is 0 Å². The highest BCUT2D eigenvalue weighted by atomic mass is 127. The van der Waals surface area contributed by atoms with Gasteiger partial charge in [-0.15, -0.1) is 0 Å². The summed E-state index contributed by atoms with van der Waals surface area (Å²) >= 11 is 2.39. The van der Waals surface area contributed by atoms with E-state index in [-0.39, 0.29) is 16.5 Å². The maximum atomic E-state index is 5.96. The van der Waals surface area contributed by atoms with Gasteiger partial charge in [-0.3, -0.25) is 16.0 Å². The molecular formula is C21H26IN3O. The molecule has 1 fully saturated rings. The van der Waals surface area contributed by atoms with E-state index in [1.54, 1.807) is 0 Å². The summed E-state index contributed by atoms with van der Waals surface area (Å²) in [6.45, 7) is 6.13. The van der Waals surface area contributed by atoms with Crippen LogP contribution in [0.3, 0.4) is 0 Å². The Hall–Kier alpha value is -1.41. The van der Waals surface area contributed by atoms with Crippen LogP contribution in [0.5, 0.6) is 0 Å². The van der Waals surface area contributed by atoms with Crippen LogP contribution in [0.15, 0.2) is 77.3 Å². The van der Waals surface area contributed by atoms with Crippen LogP contribution < -0.4 is 16.0 Å². The van der Waals surface area contributed by atoms with E-state index in [0.29, 0.717) is 0 Å². The topological polar surface area (TPSA) is 45.3 Å². The third-order valence-electron chi connectivity index (χ3n) is 4.56. The van der Waals surface area contributed by atoms with Gasteiger partial charge >= 0.3 is 0 Å². The smallest absolute Gasteiger partial charge is 0.114 e. The second kappa shape index (κ2) is 8.99. The van der Waals surface area contributed by atoms with Gasteiger partial charge in [0, 0.05) is 6.42 Å². The number of nitrogens with one attached hydrogen (secondary N) is 3. The lowest BCUT2D eigenvalue weighted by Gasteiger charge is -2.37. The number of benzene rings is 1. The Bertz CT molecular complexity index is 752. The minimum atomic E-state index is 0.0514. The molecule has 1 aromatic rings. The minimum absolute atomic E-state index is 0.0514. The zero-order valence-corrected chi connectivity index (χ0v) is 17.6. The molecular weight excluding hydrogens is 437 g/mol. The number of rotatable bonds is 4. The number of hydrogen-bond donors (Lipinski definition) is 3. The molecule has 1 saturated heterocycles. The standard InChI is InChI=1S/C21H26IN3O/c1-4-9-17-13-18(26-14(17)3)12-15(5-2)19-23-20(25-21(22)24-19)16-10-7-6-8-11-16/h4-12,19-21,23-25H,13H2,1-3H3/b9-4-,15-5+,18-12+.